The van der Waals surface area contributed by atoms with Crippen molar-refractivity contribution in [2.24, 2.45) is 5.73 Å². The highest BCUT2D eigenvalue weighted by atomic mass is 32.1. The predicted octanol–water partition coefficient (Wildman–Crippen LogP) is -1.87. The summed E-state index contributed by atoms with van der Waals surface area (Å²) in [5, 5.41) is 22.3. The predicted molar refractivity (Wildman–Crippen MR) is 92.5 cm³/mol. The normalized spacial score (nSPS) is 14.1. The third kappa shape index (κ3) is 7.11. The highest BCUT2D eigenvalue weighted by Crippen LogP contribution is 2.02. The van der Waals surface area contributed by atoms with Gasteiger partial charge in [-0.1, -0.05) is 0 Å². The van der Waals surface area contributed by atoms with E-state index in [-0.39, 0.29) is 25.0 Å². The summed E-state index contributed by atoms with van der Waals surface area (Å²) in [7, 11) is 0. The van der Waals surface area contributed by atoms with Gasteiger partial charge in [0.2, 0.25) is 11.8 Å². The van der Waals surface area contributed by atoms with Crippen molar-refractivity contribution in [3.8, 4) is 0 Å². The molecule has 7 N–H and O–H groups in total. The molecule has 0 saturated carbocycles. The number of aliphatic carboxylic acids is 2. The first-order valence-corrected chi connectivity index (χ1v) is 8.26. The molecule has 0 fully saturated rings. The molecule has 0 bridgehead atoms. The summed E-state index contributed by atoms with van der Waals surface area (Å²) in [5.74, 6) is -3.95. The smallest absolute Gasteiger partial charge is 0.327 e. The minimum atomic E-state index is -1.27. The van der Waals surface area contributed by atoms with Crippen LogP contribution in [0, 0.1) is 0 Å². The van der Waals surface area contributed by atoms with E-state index in [0.29, 0.717) is 5.69 Å². The third-order valence-electron chi connectivity index (χ3n) is 3.42. The van der Waals surface area contributed by atoms with Gasteiger partial charge in [0.1, 0.15) is 12.1 Å². The minimum absolute atomic E-state index is 0.0160. The molecule has 1 aromatic rings. The molecule has 26 heavy (non-hydrogen) atoms. The van der Waals surface area contributed by atoms with Gasteiger partial charge in [0.25, 0.3) is 0 Å². The Balaban J connectivity index is 2.80. The van der Waals surface area contributed by atoms with Crippen molar-refractivity contribution < 1.29 is 29.4 Å². The lowest BCUT2D eigenvalue weighted by atomic mass is 10.1. The quantitative estimate of drug-likeness (QED) is 0.215. The molecule has 2 amide bonds. The van der Waals surface area contributed by atoms with E-state index in [4.69, 9.17) is 15.9 Å². The van der Waals surface area contributed by atoms with Crippen LogP contribution in [0.15, 0.2) is 12.5 Å². The Hall–Kier alpha value is -2.60. The first-order chi connectivity index (χ1) is 12.2. The maximum atomic E-state index is 12.4. The number of nitrogens with one attached hydrogen (secondary N) is 3. The minimum Gasteiger partial charge on any atom is -0.481 e. The average Bonchev–Trinajstić information content (AvgIpc) is 3.09. The Morgan fingerprint density at radius 1 is 1.19 bits per heavy atom. The first kappa shape index (κ1) is 21.4. The number of thiol groups is 1. The van der Waals surface area contributed by atoms with Gasteiger partial charge in [-0.2, -0.15) is 12.6 Å². The topological polar surface area (TPSA) is 188 Å². The Labute approximate surface area is 154 Å². The summed E-state index contributed by atoms with van der Waals surface area (Å²) in [6.45, 7) is 0. The fourth-order valence-electron chi connectivity index (χ4n) is 1.97. The van der Waals surface area contributed by atoms with Crippen LogP contribution < -0.4 is 16.4 Å². The number of carboxylic acid groups (broad SMARTS) is 2. The second-order valence-corrected chi connectivity index (χ2v) is 5.83. The average molecular weight is 387 g/mol. The summed E-state index contributed by atoms with van der Waals surface area (Å²) >= 11 is 3.86. The van der Waals surface area contributed by atoms with Crippen LogP contribution in [0.4, 0.5) is 0 Å². The molecule has 0 aliphatic rings. The van der Waals surface area contributed by atoms with Crippen molar-refractivity contribution in [2.75, 3.05) is 5.75 Å². The van der Waals surface area contributed by atoms with Gasteiger partial charge in [0.05, 0.1) is 12.4 Å². The molecule has 1 rings (SSSR count). The monoisotopic (exact) mass is 387 g/mol. The maximum absolute atomic E-state index is 12.4. The summed E-state index contributed by atoms with van der Waals surface area (Å²) in [5.41, 5.74) is 6.16. The molecule has 0 aliphatic carbocycles. The fraction of sp³-hybridized carbons (Fsp3) is 0.500. The molecule has 11 nitrogen and oxygen atoms in total. The van der Waals surface area contributed by atoms with Crippen LogP contribution in [-0.2, 0) is 25.6 Å². The number of aromatic amines is 1. The van der Waals surface area contributed by atoms with Gasteiger partial charge in [-0.3, -0.25) is 14.4 Å². The van der Waals surface area contributed by atoms with Gasteiger partial charge in [-0.25, -0.2) is 9.78 Å². The Bertz CT molecular complexity index is 638. The molecule has 1 aromatic heterocycles. The van der Waals surface area contributed by atoms with E-state index < -0.39 is 41.9 Å². The molecule has 3 atom stereocenters. The van der Waals surface area contributed by atoms with Gasteiger partial charge in [-0.15, -0.1) is 0 Å². The van der Waals surface area contributed by atoms with E-state index in [1.54, 1.807) is 0 Å². The number of imidazole rings is 1. The van der Waals surface area contributed by atoms with Crippen molar-refractivity contribution in [3.63, 3.8) is 0 Å². The number of aromatic nitrogens is 2. The van der Waals surface area contributed by atoms with E-state index in [2.05, 4.69) is 33.2 Å². The highest BCUT2D eigenvalue weighted by molar-refractivity contribution is 7.80. The van der Waals surface area contributed by atoms with Crippen LogP contribution >= 0.6 is 12.6 Å². The van der Waals surface area contributed by atoms with E-state index in [9.17, 15) is 19.2 Å². The summed E-state index contributed by atoms with van der Waals surface area (Å²) in [4.78, 5) is 52.7. The largest absolute Gasteiger partial charge is 0.481 e. The zero-order valence-corrected chi connectivity index (χ0v) is 14.6. The van der Waals surface area contributed by atoms with Gasteiger partial charge in [-0.05, 0) is 6.42 Å². The van der Waals surface area contributed by atoms with Gasteiger partial charge >= 0.3 is 11.9 Å². The number of carbonyl (C=O) groups is 4. The van der Waals surface area contributed by atoms with Crippen LogP contribution in [0.2, 0.25) is 0 Å². The molecule has 12 heteroatoms. The molecular weight excluding hydrogens is 366 g/mol. The van der Waals surface area contributed by atoms with Crippen molar-refractivity contribution in [1.29, 1.82) is 0 Å². The van der Waals surface area contributed by atoms with Crippen molar-refractivity contribution in [2.45, 2.75) is 37.4 Å². The van der Waals surface area contributed by atoms with Crippen molar-refractivity contribution in [3.05, 3.63) is 18.2 Å². The van der Waals surface area contributed by atoms with Crippen molar-refractivity contribution in [1.82, 2.24) is 20.6 Å². The molecule has 0 aliphatic heterocycles. The Morgan fingerprint density at radius 3 is 2.35 bits per heavy atom. The second kappa shape index (κ2) is 10.4. The second-order valence-electron chi connectivity index (χ2n) is 5.46. The molecule has 1 heterocycles. The zero-order chi connectivity index (χ0) is 19.7. The molecule has 144 valence electrons. The van der Waals surface area contributed by atoms with E-state index >= 15 is 0 Å². The number of hydrogen-bond donors (Lipinski definition) is 7. The first-order valence-electron chi connectivity index (χ1n) is 7.63. The Morgan fingerprint density at radius 2 is 1.85 bits per heavy atom. The third-order valence-corrected chi connectivity index (χ3v) is 3.78. The number of nitrogens with two attached hydrogens (primary N) is 1. The number of amides is 2. The number of carbonyl (C=O) groups excluding carboxylic acids is 2. The van der Waals surface area contributed by atoms with E-state index in [1.807, 2.05) is 0 Å². The lowest BCUT2D eigenvalue weighted by molar-refractivity contribution is -0.141. The van der Waals surface area contributed by atoms with Gasteiger partial charge in [0, 0.05) is 30.5 Å². The number of rotatable bonds is 11. The van der Waals surface area contributed by atoms with Crippen LogP contribution in [-0.4, -0.2) is 67.8 Å². The van der Waals surface area contributed by atoms with Gasteiger partial charge in [0.15, 0.2) is 0 Å². The zero-order valence-electron chi connectivity index (χ0n) is 13.7. The van der Waals surface area contributed by atoms with Crippen LogP contribution in [0.5, 0.6) is 0 Å². The van der Waals surface area contributed by atoms with Crippen molar-refractivity contribution >= 4 is 36.4 Å². The molecule has 0 aromatic carbocycles. The molecule has 0 unspecified atom stereocenters. The summed E-state index contributed by atoms with van der Waals surface area (Å²) < 4.78 is 0. The SMILES string of the molecule is N[C@@H](CCC(=O)O)C(=O)N[C@@H](Cc1cnc[nH]1)C(=O)N[C@@H](CS)C(=O)O. The lowest BCUT2D eigenvalue weighted by Gasteiger charge is -2.22. The van der Waals surface area contributed by atoms with Crippen LogP contribution in [0.25, 0.3) is 0 Å². The fourth-order valence-corrected chi connectivity index (χ4v) is 2.22. The summed E-state index contributed by atoms with van der Waals surface area (Å²) in [6.07, 6.45) is 2.45. The Kier molecular flexibility index (Phi) is 8.58. The highest BCUT2D eigenvalue weighted by Gasteiger charge is 2.28. The summed E-state index contributed by atoms with van der Waals surface area (Å²) in [6, 6.07) is -3.48. The molecular formula is C14H21N5O6S. The van der Waals surface area contributed by atoms with Gasteiger partial charge < -0.3 is 31.6 Å². The number of nitrogens with zero attached hydrogens (tertiary/aromatic N) is 1. The molecule has 0 saturated heterocycles. The number of H-pyrrole nitrogens is 1. The molecule has 0 spiro atoms. The van der Waals surface area contributed by atoms with Crippen LogP contribution in [0.3, 0.4) is 0 Å². The standard InChI is InChI=1S/C14H21N5O6S/c15-8(1-2-11(20)21)12(22)18-9(3-7-4-16-6-17-7)13(23)19-10(5-26)14(24)25/h4,6,8-10,26H,1-3,5,15H2,(H,16,17)(H,18,22)(H,19,23)(H,20,21)(H,24,25)/t8-,9-,10-/m0/s1. The van der Waals surface area contributed by atoms with E-state index in [0.717, 1.165) is 0 Å². The number of hydrogen-bond acceptors (Lipinski definition) is 7. The number of carboxylic acids is 2. The lowest BCUT2D eigenvalue weighted by Crippen LogP contribution is -2.55. The maximum Gasteiger partial charge on any atom is 0.327 e. The van der Waals surface area contributed by atoms with Crippen LogP contribution in [0.1, 0.15) is 18.5 Å². The molecule has 0 radical (unpaired) electrons. The van der Waals surface area contributed by atoms with E-state index in [1.165, 1.54) is 12.5 Å².